The Hall–Kier alpha value is -3.55. The van der Waals surface area contributed by atoms with Gasteiger partial charge < -0.3 is 24.8 Å². The summed E-state index contributed by atoms with van der Waals surface area (Å²) in [6, 6.07) is 8.63. The standard InChI is InChI=1S/C23H28N2O6/c1-13(2)16-9-7-8-14(3)22(16)25-21(27)12-31-23(28)17-10-19(29-5)20(30-6)11-18(17)24-15(4)26/h7-11,13H,12H2,1-6H3,(H,24,26)(H,25,27). The fourth-order valence-electron chi connectivity index (χ4n) is 3.07. The van der Waals surface area contributed by atoms with Gasteiger partial charge in [-0.2, -0.15) is 0 Å². The molecule has 166 valence electrons. The molecule has 31 heavy (non-hydrogen) atoms. The number of aryl methyl sites for hydroxylation is 1. The molecule has 0 unspecified atom stereocenters. The van der Waals surface area contributed by atoms with Crippen molar-refractivity contribution in [1.82, 2.24) is 0 Å². The van der Waals surface area contributed by atoms with Crippen molar-refractivity contribution in [1.29, 1.82) is 0 Å². The molecule has 0 aliphatic carbocycles. The van der Waals surface area contributed by atoms with Crippen LogP contribution in [0.2, 0.25) is 0 Å². The van der Waals surface area contributed by atoms with Crippen molar-refractivity contribution in [2.75, 3.05) is 31.5 Å². The van der Waals surface area contributed by atoms with Crippen LogP contribution in [0.15, 0.2) is 30.3 Å². The van der Waals surface area contributed by atoms with E-state index in [0.29, 0.717) is 11.4 Å². The maximum absolute atomic E-state index is 12.7. The first kappa shape index (κ1) is 23.7. The number of para-hydroxylation sites is 1. The Balaban J connectivity index is 2.19. The van der Waals surface area contributed by atoms with Gasteiger partial charge in [0.15, 0.2) is 18.1 Å². The van der Waals surface area contributed by atoms with Gasteiger partial charge in [-0.1, -0.05) is 32.0 Å². The zero-order valence-corrected chi connectivity index (χ0v) is 18.6. The predicted octanol–water partition coefficient (Wildman–Crippen LogP) is 3.89. The lowest BCUT2D eigenvalue weighted by Crippen LogP contribution is -2.23. The van der Waals surface area contributed by atoms with Crippen LogP contribution < -0.4 is 20.1 Å². The van der Waals surface area contributed by atoms with Crippen LogP contribution in [0.3, 0.4) is 0 Å². The molecule has 0 saturated heterocycles. The molecule has 2 aromatic carbocycles. The third-order valence-corrected chi connectivity index (χ3v) is 4.58. The van der Waals surface area contributed by atoms with Gasteiger partial charge in [0, 0.05) is 24.7 Å². The Kier molecular flexibility index (Phi) is 8.01. The van der Waals surface area contributed by atoms with Gasteiger partial charge in [0.1, 0.15) is 0 Å². The number of hydrogen-bond donors (Lipinski definition) is 2. The Morgan fingerprint density at radius 1 is 1.00 bits per heavy atom. The average molecular weight is 428 g/mol. The molecule has 8 nitrogen and oxygen atoms in total. The molecule has 0 fully saturated rings. The topological polar surface area (TPSA) is 103 Å². The van der Waals surface area contributed by atoms with Crippen molar-refractivity contribution in [3.63, 3.8) is 0 Å². The molecule has 2 rings (SSSR count). The smallest absolute Gasteiger partial charge is 0.340 e. The Bertz CT molecular complexity index is 984. The number of benzene rings is 2. The lowest BCUT2D eigenvalue weighted by atomic mass is 9.98. The van der Waals surface area contributed by atoms with Crippen LogP contribution >= 0.6 is 0 Å². The fraction of sp³-hybridized carbons (Fsp3) is 0.348. The van der Waals surface area contributed by atoms with Gasteiger partial charge in [-0.15, -0.1) is 0 Å². The number of methoxy groups -OCH3 is 2. The third-order valence-electron chi connectivity index (χ3n) is 4.58. The number of hydrogen-bond acceptors (Lipinski definition) is 6. The summed E-state index contributed by atoms with van der Waals surface area (Å²) in [7, 11) is 2.86. The first-order valence-electron chi connectivity index (χ1n) is 9.78. The average Bonchev–Trinajstić information content (AvgIpc) is 2.72. The first-order chi connectivity index (χ1) is 14.7. The molecule has 0 radical (unpaired) electrons. The molecular formula is C23H28N2O6. The number of nitrogens with one attached hydrogen (secondary N) is 2. The highest BCUT2D eigenvalue weighted by molar-refractivity contribution is 6.03. The van der Waals surface area contributed by atoms with Gasteiger partial charge in [0.05, 0.1) is 25.5 Å². The zero-order chi connectivity index (χ0) is 23.1. The minimum atomic E-state index is -0.784. The predicted molar refractivity (Wildman–Crippen MR) is 118 cm³/mol. The number of carbonyl (C=O) groups is 3. The third kappa shape index (κ3) is 5.97. The van der Waals surface area contributed by atoms with Crippen molar-refractivity contribution in [2.24, 2.45) is 0 Å². The molecule has 0 aromatic heterocycles. The number of anilines is 2. The van der Waals surface area contributed by atoms with Crippen molar-refractivity contribution >= 4 is 29.2 Å². The first-order valence-corrected chi connectivity index (χ1v) is 9.78. The minimum Gasteiger partial charge on any atom is -0.493 e. The molecule has 0 aliphatic heterocycles. The summed E-state index contributed by atoms with van der Waals surface area (Å²) in [6.45, 7) is 6.79. The Labute approximate surface area is 181 Å². The van der Waals surface area contributed by atoms with Crippen LogP contribution in [0.4, 0.5) is 11.4 Å². The van der Waals surface area contributed by atoms with Crippen LogP contribution in [0.25, 0.3) is 0 Å². The summed E-state index contributed by atoms with van der Waals surface area (Å²) in [5.74, 6) is -0.792. The number of ether oxygens (including phenoxy) is 3. The largest absolute Gasteiger partial charge is 0.493 e. The van der Waals surface area contributed by atoms with E-state index in [2.05, 4.69) is 10.6 Å². The summed E-state index contributed by atoms with van der Waals surface area (Å²) in [6.07, 6.45) is 0. The second-order valence-corrected chi connectivity index (χ2v) is 7.25. The van der Waals surface area contributed by atoms with Crippen molar-refractivity contribution < 1.29 is 28.6 Å². The van der Waals surface area contributed by atoms with E-state index in [4.69, 9.17) is 14.2 Å². The SMILES string of the molecule is COc1cc(NC(C)=O)c(C(=O)OCC(=O)Nc2c(C)cccc2C(C)C)cc1OC. The number of amides is 2. The summed E-state index contributed by atoms with van der Waals surface area (Å²) in [4.78, 5) is 36.7. The highest BCUT2D eigenvalue weighted by Gasteiger charge is 2.20. The summed E-state index contributed by atoms with van der Waals surface area (Å²) >= 11 is 0. The van der Waals surface area contributed by atoms with E-state index in [-0.39, 0.29) is 28.8 Å². The van der Waals surface area contributed by atoms with Crippen LogP contribution in [0.1, 0.15) is 48.2 Å². The van der Waals surface area contributed by atoms with E-state index in [0.717, 1.165) is 11.1 Å². The van der Waals surface area contributed by atoms with E-state index < -0.39 is 18.5 Å². The lowest BCUT2D eigenvalue weighted by molar-refractivity contribution is -0.119. The van der Waals surface area contributed by atoms with E-state index in [1.807, 2.05) is 39.0 Å². The van der Waals surface area contributed by atoms with Gasteiger partial charge in [-0.25, -0.2) is 4.79 Å². The molecule has 8 heteroatoms. The molecule has 0 saturated carbocycles. The maximum Gasteiger partial charge on any atom is 0.340 e. The van der Waals surface area contributed by atoms with Gasteiger partial charge in [0.25, 0.3) is 5.91 Å². The van der Waals surface area contributed by atoms with E-state index in [1.165, 1.54) is 33.3 Å². The van der Waals surface area contributed by atoms with E-state index >= 15 is 0 Å². The second-order valence-electron chi connectivity index (χ2n) is 7.25. The van der Waals surface area contributed by atoms with Crippen LogP contribution in [0.5, 0.6) is 11.5 Å². The quantitative estimate of drug-likeness (QED) is 0.619. The molecule has 2 amide bonds. The molecule has 0 atom stereocenters. The number of carbonyl (C=O) groups excluding carboxylic acids is 3. The van der Waals surface area contributed by atoms with Crippen molar-refractivity contribution in [2.45, 2.75) is 33.6 Å². The highest BCUT2D eigenvalue weighted by atomic mass is 16.5. The maximum atomic E-state index is 12.7. The normalized spacial score (nSPS) is 10.4. The lowest BCUT2D eigenvalue weighted by Gasteiger charge is -2.17. The van der Waals surface area contributed by atoms with E-state index in [9.17, 15) is 14.4 Å². The van der Waals surface area contributed by atoms with Crippen LogP contribution in [0, 0.1) is 6.92 Å². The molecule has 0 aliphatic rings. The van der Waals surface area contributed by atoms with Crippen LogP contribution in [-0.2, 0) is 14.3 Å². The van der Waals surface area contributed by atoms with Gasteiger partial charge in [0.2, 0.25) is 5.91 Å². The fourth-order valence-corrected chi connectivity index (χ4v) is 3.07. The second kappa shape index (κ2) is 10.5. The number of esters is 1. The van der Waals surface area contributed by atoms with Crippen LogP contribution in [-0.4, -0.2) is 38.6 Å². The van der Waals surface area contributed by atoms with Crippen molar-refractivity contribution in [3.05, 3.63) is 47.0 Å². The molecule has 2 N–H and O–H groups in total. The summed E-state index contributed by atoms with van der Waals surface area (Å²) in [5, 5.41) is 5.38. The van der Waals surface area contributed by atoms with Gasteiger partial charge in [-0.05, 0) is 24.0 Å². The molecular weight excluding hydrogens is 400 g/mol. The zero-order valence-electron chi connectivity index (χ0n) is 18.6. The molecule has 0 bridgehead atoms. The van der Waals surface area contributed by atoms with E-state index in [1.54, 1.807) is 0 Å². The Morgan fingerprint density at radius 2 is 1.65 bits per heavy atom. The molecule has 0 spiro atoms. The summed E-state index contributed by atoms with van der Waals surface area (Å²) < 4.78 is 15.6. The van der Waals surface area contributed by atoms with Gasteiger partial charge >= 0.3 is 5.97 Å². The molecule has 0 heterocycles. The number of rotatable bonds is 8. The highest BCUT2D eigenvalue weighted by Crippen LogP contribution is 2.34. The minimum absolute atomic E-state index is 0.0411. The monoisotopic (exact) mass is 428 g/mol. The summed E-state index contributed by atoms with van der Waals surface area (Å²) in [5.41, 5.74) is 2.85. The van der Waals surface area contributed by atoms with Crippen molar-refractivity contribution in [3.8, 4) is 11.5 Å². The Morgan fingerprint density at radius 3 is 2.23 bits per heavy atom. The molecule has 2 aromatic rings. The van der Waals surface area contributed by atoms with Gasteiger partial charge in [-0.3, -0.25) is 9.59 Å².